The van der Waals surface area contributed by atoms with Crippen LogP contribution in [0.1, 0.15) is 25.7 Å². The average Bonchev–Trinajstić information content (AvgIpc) is 2.75. The number of hydrogen-bond donors (Lipinski definition) is 2. The average molecular weight is 422 g/mol. The highest BCUT2D eigenvalue weighted by molar-refractivity contribution is 6.63. The first-order chi connectivity index (χ1) is 14.3. The van der Waals surface area contributed by atoms with E-state index in [9.17, 15) is 28.8 Å². The van der Waals surface area contributed by atoms with Crippen molar-refractivity contribution in [2.45, 2.75) is 37.9 Å². The molecule has 1 rings (SSSR count). The van der Waals surface area contributed by atoms with Crippen LogP contribution >= 0.6 is 0 Å². The summed E-state index contributed by atoms with van der Waals surface area (Å²) in [5, 5.41) is 5.11. The number of carbonyl (C=O) groups is 6. The molecule has 0 spiro atoms. The molecule has 1 aliphatic rings. The molecule has 0 atom stereocenters. The quantitative estimate of drug-likeness (QED) is 0.160. The first-order valence-corrected chi connectivity index (χ1v) is 9.53. The van der Waals surface area contributed by atoms with Crippen LogP contribution in [0.25, 0.3) is 0 Å². The summed E-state index contributed by atoms with van der Waals surface area (Å²) in [5.41, 5.74) is 0. The monoisotopic (exact) mass is 422 g/mol. The van der Waals surface area contributed by atoms with Crippen LogP contribution in [0.5, 0.6) is 0 Å². The Kier molecular flexibility index (Phi) is 11.1. The lowest BCUT2D eigenvalue weighted by atomic mass is 9.90. The Morgan fingerprint density at radius 3 is 1.33 bits per heavy atom. The highest BCUT2D eigenvalue weighted by Gasteiger charge is 2.50. The molecule has 10 heteroatoms. The van der Waals surface area contributed by atoms with Crippen LogP contribution in [-0.2, 0) is 38.2 Å². The highest BCUT2D eigenvalue weighted by Crippen LogP contribution is 2.14. The third-order valence-electron chi connectivity index (χ3n) is 4.12. The van der Waals surface area contributed by atoms with Crippen LogP contribution in [0, 0.1) is 0 Å². The van der Waals surface area contributed by atoms with Gasteiger partial charge in [-0.25, -0.2) is 0 Å². The van der Waals surface area contributed by atoms with E-state index in [4.69, 9.17) is 9.47 Å². The van der Waals surface area contributed by atoms with Gasteiger partial charge in [-0.05, 0) is 37.8 Å². The number of rotatable bonds is 14. The van der Waals surface area contributed by atoms with E-state index in [0.29, 0.717) is 38.8 Å². The fourth-order valence-electron chi connectivity index (χ4n) is 2.48. The van der Waals surface area contributed by atoms with Gasteiger partial charge in [0.1, 0.15) is 0 Å². The number of amides is 2. The molecular weight excluding hydrogens is 396 g/mol. The Labute approximate surface area is 174 Å². The largest absolute Gasteiger partial charge is 0.362 e. The van der Waals surface area contributed by atoms with Crippen LogP contribution in [0.4, 0.5) is 0 Å². The molecular formula is C20H26N2O8. The zero-order valence-electron chi connectivity index (χ0n) is 16.6. The molecule has 1 aliphatic carbocycles. The number of ether oxygens (including phenoxy) is 2. The smallest absolute Gasteiger partial charge is 0.243 e. The third-order valence-corrected chi connectivity index (χ3v) is 4.12. The molecule has 0 bridgehead atoms. The van der Waals surface area contributed by atoms with Crippen molar-refractivity contribution in [1.82, 2.24) is 10.6 Å². The first kappa shape index (κ1) is 25.1. The minimum atomic E-state index is -1.75. The van der Waals surface area contributed by atoms with E-state index in [2.05, 4.69) is 23.8 Å². The van der Waals surface area contributed by atoms with Crippen LogP contribution < -0.4 is 10.6 Å². The highest BCUT2D eigenvalue weighted by atomic mass is 16.5. The van der Waals surface area contributed by atoms with Crippen molar-refractivity contribution in [1.29, 1.82) is 0 Å². The van der Waals surface area contributed by atoms with Crippen LogP contribution in [-0.4, -0.2) is 73.5 Å². The molecule has 10 nitrogen and oxygen atoms in total. The Morgan fingerprint density at radius 2 is 1.03 bits per heavy atom. The second-order valence-corrected chi connectivity index (χ2v) is 6.36. The molecule has 0 aromatic carbocycles. The van der Waals surface area contributed by atoms with Gasteiger partial charge >= 0.3 is 0 Å². The van der Waals surface area contributed by atoms with Crippen molar-refractivity contribution in [3.63, 3.8) is 0 Å². The number of ketones is 4. The molecule has 164 valence electrons. The summed E-state index contributed by atoms with van der Waals surface area (Å²) in [5.74, 6) is -5.08. The number of carbonyl (C=O) groups excluding carboxylic acids is 6. The second-order valence-electron chi connectivity index (χ2n) is 6.36. The van der Waals surface area contributed by atoms with E-state index in [1.165, 1.54) is 0 Å². The summed E-state index contributed by atoms with van der Waals surface area (Å²) in [6, 6.07) is 0. The van der Waals surface area contributed by atoms with E-state index >= 15 is 0 Å². The van der Waals surface area contributed by atoms with Gasteiger partial charge < -0.3 is 20.1 Å². The summed E-state index contributed by atoms with van der Waals surface area (Å²) in [6.07, 6.45) is 0.589. The SMILES string of the molecule is C=CC(=O)NCCCCOC1C(=O)C(=O)C(OCCCCNC(=O)C=C)C(=O)C1=O. The van der Waals surface area contributed by atoms with Gasteiger partial charge in [0.15, 0.2) is 12.2 Å². The Hall–Kier alpha value is -2.98. The van der Waals surface area contributed by atoms with Crippen LogP contribution in [0.15, 0.2) is 25.3 Å². The molecule has 30 heavy (non-hydrogen) atoms. The molecule has 0 heterocycles. The first-order valence-electron chi connectivity index (χ1n) is 9.53. The van der Waals surface area contributed by atoms with Gasteiger partial charge in [-0.3, -0.25) is 28.8 Å². The maximum Gasteiger partial charge on any atom is 0.243 e. The van der Waals surface area contributed by atoms with Gasteiger partial charge in [-0.1, -0.05) is 13.2 Å². The van der Waals surface area contributed by atoms with E-state index in [1.807, 2.05) is 0 Å². The predicted octanol–water partition coefficient (Wildman–Crippen LogP) is -0.788. The second kappa shape index (κ2) is 13.3. The lowest BCUT2D eigenvalue weighted by Crippen LogP contribution is -2.56. The van der Waals surface area contributed by atoms with Crippen molar-refractivity contribution >= 4 is 34.9 Å². The normalized spacial score (nSPS) is 18.8. The summed E-state index contributed by atoms with van der Waals surface area (Å²) in [6.45, 7) is 7.26. The lowest BCUT2D eigenvalue weighted by molar-refractivity contribution is -0.167. The molecule has 1 saturated carbocycles. The van der Waals surface area contributed by atoms with Gasteiger partial charge in [0.2, 0.25) is 34.9 Å². The molecule has 0 radical (unpaired) electrons. The topological polar surface area (TPSA) is 145 Å². The number of unbranched alkanes of at least 4 members (excludes halogenated alkanes) is 2. The fourth-order valence-corrected chi connectivity index (χ4v) is 2.48. The summed E-state index contributed by atoms with van der Waals surface area (Å²) in [4.78, 5) is 70.5. The maximum absolute atomic E-state index is 12.1. The Balaban J connectivity index is 2.38. The van der Waals surface area contributed by atoms with Gasteiger partial charge in [0.05, 0.1) is 0 Å². The summed E-state index contributed by atoms with van der Waals surface area (Å²) >= 11 is 0. The molecule has 1 fully saturated rings. The van der Waals surface area contributed by atoms with Gasteiger partial charge in [-0.2, -0.15) is 0 Å². The lowest BCUT2D eigenvalue weighted by Gasteiger charge is -2.24. The third kappa shape index (κ3) is 7.80. The molecule has 2 N–H and O–H groups in total. The molecule has 0 aliphatic heterocycles. The number of nitrogens with one attached hydrogen (secondary N) is 2. The number of hydrogen-bond acceptors (Lipinski definition) is 8. The Morgan fingerprint density at radius 1 is 0.700 bits per heavy atom. The van der Waals surface area contributed by atoms with Crippen LogP contribution in [0.3, 0.4) is 0 Å². The van der Waals surface area contributed by atoms with E-state index in [-0.39, 0.29) is 25.0 Å². The minimum absolute atomic E-state index is 0.0331. The fraction of sp³-hybridized carbons (Fsp3) is 0.500. The predicted molar refractivity (Wildman–Crippen MR) is 104 cm³/mol. The van der Waals surface area contributed by atoms with Crippen molar-refractivity contribution in [3.8, 4) is 0 Å². The van der Waals surface area contributed by atoms with Crippen molar-refractivity contribution < 1.29 is 38.2 Å². The van der Waals surface area contributed by atoms with Crippen LogP contribution in [0.2, 0.25) is 0 Å². The van der Waals surface area contributed by atoms with Gasteiger partial charge in [0.25, 0.3) is 0 Å². The van der Waals surface area contributed by atoms with Gasteiger partial charge in [0, 0.05) is 26.3 Å². The molecule has 0 aromatic heterocycles. The van der Waals surface area contributed by atoms with Gasteiger partial charge in [-0.15, -0.1) is 0 Å². The molecule has 0 unspecified atom stereocenters. The zero-order chi connectivity index (χ0) is 22.5. The van der Waals surface area contributed by atoms with Crippen molar-refractivity contribution in [2.75, 3.05) is 26.3 Å². The van der Waals surface area contributed by atoms with E-state index < -0.39 is 35.3 Å². The van der Waals surface area contributed by atoms with E-state index in [0.717, 1.165) is 12.2 Å². The summed E-state index contributed by atoms with van der Waals surface area (Å²) in [7, 11) is 0. The minimum Gasteiger partial charge on any atom is -0.362 e. The Bertz CT molecular complexity index is 628. The zero-order valence-corrected chi connectivity index (χ0v) is 16.6. The van der Waals surface area contributed by atoms with Crippen molar-refractivity contribution in [2.24, 2.45) is 0 Å². The number of Topliss-reactive ketones (excluding diaryl/α,β-unsaturated/α-hetero) is 4. The van der Waals surface area contributed by atoms with E-state index in [1.54, 1.807) is 0 Å². The maximum atomic E-state index is 12.1. The molecule has 2 amide bonds. The summed E-state index contributed by atoms with van der Waals surface area (Å²) < 4.78 is 10.3. The molecule has 0 saturated heterocycles. The van der Waals surface area contributed by atoms with Crippen molar-refractivity contribution in [3.05, 3.63) is 25.3 Å². The standard InChI is InChI=1S/C20H26N2O8/c1-3-13(23)21-9-5-7-11-29-19-15(25)17(27)20(18(28)16(19)26)30-12-8-6-10-22-14(24)4-2/h3-4,19-20H,1-2,5-12H2,(H,21,23)(H,22,24). The molecule has 0 aromatic rings.